The molecule has 0 bridgehead atoms. The summed E-state index contributed by atoms with van der Waals surface area (Å²) in [6.45, 7) is 0.562. The number of rotatable bonds is 8. The highest BCUT2D eigenvalue weighted by Crippen LogP contribution is 2.58. The Bertz CT molecular complexity index is 923. The van der Waals surface area contributed by atoms with Crippen molar-refractivity contribution in [3.05, 3.63) is 0 Å². The summed E-state index contributed by atoms with van der Waals surface area (Å²) in [4.78, 5) is 0. The van der Waals surface area contributed by atoms with Crippen LogP contribution in [0.1, 0.15) is 19.3 Å². The Morgan fingerprint density at radius 2 is 0.408 bits per heavy atom. The molecule has 0 heterocycles. The molecule has 32 heteroatoms. The fourth-order valence-electron chi connectivity index (χ4n) is 2.05. The molecule has 12 nitrogen and oxygen atoms in total. The smallest absolute Gasteiger partial charge is 0.396 e. The van der Waals surface area contributed by atoms with Gasteiger partial charge in [0.15, 0.2) is 0 Å². The lowest BCUT2D eigenvalue weighted by molar-refractivity contribution is -0.351. The molecule has 0 aromatic carbocycles. The van der Waals surface area contributed by atoms with Gasteiger partial charge >= 0.3 is 46.6 Å². The third-order valence-electron chi connectivity index (χ3n) is 4.12. The van der Waals surface area contributed by atoms with E-state index in [4.69, 9.17) is 39.7 Å². The van der Waals surface area contributed by atoms with Gasteiger partial charge < -0.3 is 30.6 Å². The van der Waals surface area contributed by atoms with Crippen molar-refractivity contribution < 1.29 is 136 Å². The van der Waals surface area contributed by atoms with Gasteiger partial charge in [-0.3, -0.25) is 9.11 Å². The minimum absolute atomic E-state index is 0.0938. The lowest BCUT2D eigenvalue weighted by atomic mass is 10.1. The van der Waals surface area contributed by atoms with E-state index in [1.54, 1.807) is 0 Å². The van der Waals surface area contributed by atoms with Crippen molar-refractivity contribution >= 4 is 20.2 Å². The second-order valence-electron chi connectivity index (χ2n) is 7.70. The number of hydrogen-bond acceptors (Lipinski definition) is 10. The molecule has 0 spiro atoms. The van der Waals surface area contributed by atoms with Crippen molar-refractivity contribution in [2.24, 2.45) is 0 Å². The maximum Gasteiger partial charge on any atom is 0.428 e. The molecular weight excluding hydrogens is 802 g/mol. The van der Waals surface area contributed by atoms with E-state index >= 15 is 0 Å². The van der Waals surface area contributed by atoms with Gasteiger partial charge in [-0.2, -0.15) is 95.9 Å². The topological polar surface area (TPSA) is 230 Å². The Labute approximate surface area is 262 Å². The molecule has 0 radical (unpaired) electrons. The van der Waals surface area contributed by atoms with E-state index in [2.05, 4.69) is 0 Å². The quantitative estimate of drug-likeness (QED) is 0.131. The fraction of sp³-hybridized carbons (Fsp3) is 1.00. The number of hydrogen-bond donors (Lipinski definition) is 8. The van der Waals surface area contributed by atoms with Crippen molar-refractivity contribution in [1.29, 1.82) is 0 Å². The van der Waals surface area contributed by atoms with Gasteiger partial charge in [0.1, 0.15) is 0 Å². The first-order chi connectivity index (χ1) is 21.2. The van der Waals surface area contributed by atoms with Crippen molar-refractivity contribution in [1.82, 2.24) is 0 Å². The maximum atomic E-state index is 11.9. The van der Waals surface area contributed by atoms with Gasteiger partial charge in [0.2, 0.25) is 0 Å². The Morgan fingerprint density at radius 1 is 0.306 bits per heavy atom. The molecule has 0 aromatic heterocycles. The lowest BCUT2D eigenvalue weighted by Crippen LogP contribution is -2.70. The van der Waals surface area contributed by atoms with Crippen molar-refractivity contribution in [3.63, 3.8) is 0 Å². The van der Waals surface area contributed by atoms with Gasteiger partial charge in [-0.05, 0) is 19.3 Å². The van der Waals surface area contributed by atoms with Crippen LogP contribution in [0, 0.1) is 0 Å². The summed E-state index contributed by atoms with van der Waals surface area (Å²) in [5.74, 6) is 0. The Kier molecular flexibility index (Phi) is 24.3. The molecule has 0 saturated carbocycles. The molecule has 0 aromatic rings. The molecule has 0 unspecified atom stereocenters. The van der Waals surface area contributed by atoms with Crippen LogP contribution in [-0.4, -0.2) is 143 Å². The van der Waals surface area contributed by atoms with Crippen molar-refractivity contribution in [3.8, 4) is 0 Å². The summed E-state index contributed by atoms with van der Waals surface area (Å²) >= 11 is 0. The van der Waals surface area contributed by atoms with Crippen LogP contribution in [0.25, 0.3) is 0 Å². The first-order valence-electron chi connectivity index (χ1n) is 11.2. The van der Waals surface area contributed by atoms with E-state index < -0.39 is 66.8 Å². The number of halogens is 18. The lowest BCUT2D eigenvalue weighted by Gasteiger charge is -2.35. The third-order valence-corrected chi connectivity index (χ3v) is 7.05. The van der Waals surface area contributed by atoms with E-state index in [1.165, 1.54) is 0 Å². The molecular formula is C17H26F18O12S2. The Morgan fingerprint density at radius 3 is 0.408 bits per heavy atom. The number of aliphatic hydroxyl groups excluding tert-OH is 6. The molecule has 0 aliphatic rings. The summed E-state index contributed by atoms with van der Waals surface area (Å²) in [5, 5.41) is 47.4. The van der Waals surface area contributed by atoms with Crippen LogP contribution in [0.2, 0.25) is 0 Å². The summed E-state index contributed by atoms with van der Waals surface area (Å²) in [6.07, 6.45) is -42.4. The maximum absolute atomic E-state index is 11.9. The van der Waals surface area contributed by atoms with Gasteiger partial charge in [0.05, 0.1) is 0 Å². The zero-order valence-corrected chi connectivity index (χ0v) is 24.8. The molecule has 0 rings (SSSR count). The first kappa shape index (κ1) is 56.7. The summed E-state index contributed by atoms with van der Waals surface area (Å²) in [5.41, 5.74) is 0. The molecule has 0 aliphatic carbocycles. The fourth-order valence-corrected chi connectivity index (χ4v) is 3.81. The van der Waals surface area contributed by atoms with Crippen molar-refractivity contribution in [2.45, 2.75) is 65.8 Å². The average Bonchev–Trinajstić information content (AvgIpc) is 2.74. The molecule has 0 fully saturated rings. The van der Waals surface area contributed by atoms with Gasteiger partial charge in [-0.25, -0.2) is 0 Å². The largest absolute Gasteiger partial charge is 0.428 e. The Balaban J connectivity index is -0.000000187. The molecule has 0 saturated heterocycles. The highest BCUT2D eigenvalue weighted by Gasteiger charge is 2.92. The molecule has 0 aliphatic heterocycles. The zero-order chi connectivity index (χ0) is 41.4. The predicted molar refractivity (Wildman–Crippen MR) is 121 cm³/mol. The molecule has 0 amide bonds. The first-order valence-corrected chi connectivity index (χ1v) is 14.1. The minimum Gasteiger partial charge on any atom is -0.396 e. The van der Waals surface area contributed by atoms with Crippen molar-refractivity contribution in [2.75, 3.05) is 39.6 Å². The summed E-state index contributed by atoms with van der Waals surface area (Å²) in [6, 6.07) is 0. The van der Waals surface area contributed by atoms with Gasteiger partial charge in [-0.15, -0.1) is 0 Å². The van der Waals surface area contributed by atoms with Crippen LogP contribution < -0.4 is 0 Å². The highest BCUT2D eigenvalue weighted by molar-refractivity contribution is 7.87. The monoisotopic (exact) mass is 828 g/mol. The van der Waals surface area contributed by atoms with Crippen LogP contribution in [0.3, 0.4) is 0 Å². The normalized spacial score (nSPS) is 13.8. The molecule has 49 heavy (non-hydrogen) atoms. The predicted octanol–water partition coefficient (Wildman–Crippen LogP) is 2.68. The van der Waals surface area contributed by atoms with Gasteiger partial charge in [0, 0.05) is 39.6 Å². The van der Waals surface area contributed by atoms with Crippen LogP contribution in [0.5, 0.6) is 0 Å². The minimum atomic E-state index is -7.57. The van der Waals surface area contributed by atoms with E-state index in [1.807, 2.05) is 0 Å². The number of alkyl halides is 18. The van der Waals surface area contributed by atoms with Crippen LogP contribution in [0.15, 0.2) is 0 Å². The standard InChI is InChI=1S/2C4HF9O3S.3C3H8O2/c2*5-2(6,7)1(3(8,9)10,4(11,12)13)17(14,15)16;3*4-2-1-3-5/h2*(H,14,15,16);3*4-5H,1-3H2. The van der Waals surface area contributed by atoms with Gasteiger partial charge in [-0.1, -0.05) is 0 Å². The molecule has 304 valence electrons. The molecule has 0 atom stereocenters. The highest BCUT2D eigenvalue weighted by atomic mass is 32.2. The van der Waals surface area contributed by atoms with Crippen LogP contribution in [0.4, 0.5) is 79.0 Å². The second-order valence-corrected chi connectivity index (χ2v) is 10.8. The SMILES string of the molecule is O=S(=O)(O)C(C(F)(F)F)(C(F)(F)F)C(F)(F)F.O=S(=O)(O)C(C(F)(F)F)(C(F)(F)F)C(F)(F)F.OCCCO.OCCCO.OCCCO. The van der Waals surface area contributed by atoms with Crippen LogP contribution >= 0.6 is 0 Å². The van der Waals surface area contributed by atoms with E-state index in [0.29, 0.717) is 19.3 Å². The van der Waals surface area contributed by atoms with E-state index in [-0.39, 0.29) is 39.6 Å². The van der Waals surface area contributed by atoms with E-state index in [0.717, 1.165) is 0 Å². The summed E-state index contributed by atoms with van der Waals surface area (Å²) < 4.78 is 255. The van der Waals surface area contributed by atoms with E-state index in [9.17, 15) is 95.9 Å². The van der Waals surface area contributed by atoms with Gasteiger partial charge in [0.25, 0.3) is 20.2 Å². The number of aliphatic hydroxyl groups is 6. The van der Waals surface area contributed by atoms with Crippen LogP contribution in [-0.2, 0) is 20.2 Å². The molecule has 8 N–H and O–H groups in total. The average molecular weight is 828 g/mol. The second kappa shape index (κ2) is 21.0. The third kappa shape index (κ3) is 15.6. The zero-order valence-electron chi connectivity index (χ0n) is 23.2. The Hall–Kier alpha value is -1.68. The summed E-state index contributed by atoms with van der Waals surface area (Å²) in [7, 11) is -15.1.